The Morgan fingerprint density at radius 1 is 0.821 bits per heavy atom. The Morgan fingerprint density at radius 2 is 1.61 bits per heavy atom. The van der Waals surface area contributed by atoms with Crippen molar-refractivity contribution in [2.24, 2.45) is 0 Å². The monoisotopic (exact) mass is 385 g/mol. The highest BCUT2D eigenvalue weighted by molar-refractivity contribution is 7.99. The molecule has 3 aromatic carbocycles. The van der Waals surface area contributed by atoms with Gasteiger partial charge in [-0.05, 0) is 64.6 Å². The van der Waals surface area contributed by atoms with Gasteiger partial charge in [0.05, 0.1) is 13.2 Å². The number of benzene rings is 3. The average Bonchev–Trinajstić information content (AvgIpc) is 2.77. The van der Waals surface area contributed by atoms with Crippen LogP contribution >= 0.6 is 11.8 Å². The topological polar surface area (TPSA) is 12.5 Å². The fraction of sp³-hybridized carbons (Fsp3) is 0.200. The highest BCUT2D eigenvalue weighted by atomic mass is 32.2. The molecule has 2 aliphatic rings. The summed E-state index contributed by atoms with van der Waals surface area (Å²) in [6.45, 7) is 7.93. The number of morpholine rings is 1. The van der Waals surface area contributed by atoms with Crippen molar-refractivity contribution in [2.45, 2.75) is 16.2 Å². The molecule has 140 valence electrons. The third-order valence-electron chi connectivity index (χ3n) is 5.55. The Kier molecular flexibility index (Phi) is 4.71. The lowest BCUT2D eigenvalue weighted by Gasteiger charge is -2.29. The van der Waals surface area contributed by atoms with E-state index in [1.54, 1.807) is 0 Å². The smallest absolute Gasteiger partial charge is 0.0642 e. The fourth-order valence-corrected chi connectivity index (χ4v) is 5.01. The molecule has 1 fully saturated rings. The Balaban J connectivity index is 1.42. The van der Waals surface area contributed by atoms with E-state index < -0.39 is 0 Å². The van der Waals surface area contributed by atoms with Crippen LogP contribution in [0.25, 0.3) is 5.57 Å². The minimum atomic E-state index is 0.801. The van der Waals surface area contributed by atoms with Gasteiger partial charge in [-0.15, -0.1) is 0 Å². The minimum Gasteiger partial charge on any atom is -0.378 e. The number of hydrogen-bond acceptors (Lipinski definition) is 3. The van der Waals surface area contributed by atoms with E-state index >= 15 is 0 Å². The molecule has 5 rings (SSSR count). The van der Waals surface area contributed by atoms with E-state index in [2.05, 4.69) is 78.2 Å². The molecule has 0 spiro atoms. The van der Waals surface area contributed by atoms with Gasteiger partial charge in [0.1, 0.15) is 0 Å². The van der Waals surface area contributed by atoms with Gasteiger partial charge in [0.25, 0.3) is 0 Å². The SMILES string of the molecule is C=C(c1cccc(N2CCOCC2)c1)c1ccc2c(c1)Cc1ccccc1S2. The largest absolute Gasteiger partial charge is 0.378 e. The molecule has 28 heavy (non-hydrogen) atoms. The zero-order valence-corrected chi connectivity index (χ0v) is 16.7. The highest BCUT2D eigenvalue weighted by Crippen LogP contribution is 2.40. The van der Waals surface area contributed by atoms with E-state index in [4.69, 9.17) is 4.74 Å². The number of ether oxygens (including phenoxy) is 1. The quantitative estimate of drug-likeness (QED) is 0.453. The van der Waals surface area contributed by atoms with E-state index in [-0.39, 0.29) is 0 Å². The standard InChI is InChI=1S/C25H23NOS/c1-18(19-6-4-7-23(17-19)26-11-13-27-14-12-26)20-9-10-25-22(15-20)16-21-5-2-3-8-24(21)28-25/h2-10,15,17H,1,11-14,16H2. The molecular weight excluding hydrogens is 362 g/mol. The summed E-state index contributed by atoms with van der Waals surface area (Å²) in [7, 11) is 0. The molecule has 2 nitrogen and oxygen atoms in total. The zero-order valence-electron chi connectivity index (χ0n) is 15.9. The maximum atomic E-state index is 5.48. The van der Waals surface area contributed by atoms with Gasteiger partial charge >= 0.3 is 0 Å². The number of anilines is 1. The zero-order chi connectivity index (χ0) is 18.9. The van der Waals surface area contributed by atoms with Crippen molar-refractivity contribution >= 4 is 23.0 Å². The minimum absolute atomic E-state index is 0.801. The average molecular weight is 386 g/mol. The molecule has 0 aromatic heterocycles. The Hall–Kier alpha value is -2.49. The maximum absolute atomic E-state index is 5.48. The van der Waals surface area contributed by atoms with Crippen LogP contribution in [-0.2, 0) is 11.2 Å². The summed E-state index contributed by atoms with van der Waals surface area (Å²) in [5.41, 5.74) is 7.54. The molecule has 0 amide bonds. The van der Waals surface area contributed by atoms with Crippen LogP contribution in [0.3, 0.4) is 0 Å². The van der Waals surface area contributed by atoms with Gasteiger partial charge in [0, 0.05) is 28.6 Å². The Morgan fingerprint density at radius 3 is 2.50 bits per heavy atom. The summed E-state index contributed by atoms with van der Waals surface area (Å²) in [6.07, 6.45) is 0.993. The van der Waals surface area contributed by atoms with Crippen molar-refractivity contribution in [3.8, 4) is 0 Å². The lowest BCUT2D eigenvalue weighted by Crippen LogP contribution is -2.36. The van der Waals surface area contributed by atoms with Gasteiger partial charge in [-0.25, -0.2) is 0 Å². The van der Waals surface area contributed by atoms with Crippen LogP contribution in [0.15, 0.2) is 83.1 Å². The van der Waals surface area contributed by atoms with Gasteiger partial charge in [-0.1, -0.05) is 54.7 Å². The van der Waals surface area contributed by atoms with Crippen molar-refractivity contribution in [1.82, 2.24) is 0 Å². The first-order valence-corrected chi connectivity index (χ1v) is 10.6. The van der Waals surface area contributed by atoms with Gasteiger partial charge in [0.15, 0.2) is 0 Å². The second-order valence-corrected chi connectivity index (χ2v) is 8.42. The molecule has 1 saturated heterocycles. The molecule has 3 heteroatoms. The lowest BCUT2D eigenvalue weighted by atomic mass is 9.95. The number of nitrogens with zero attached hydrogens (tertiary/aromatic N) is 1. The van der Waals surface area contributed by atoms with E-state index in [0.717, 1.165) is 38.3 Å². The van der Waals surface area contributed by atoms with Crippen molar-refractivity contribution in [1.29, 1.82) is 0 Å². The molecule has 2 heterocycles. The number of fused-ring (bicyclic) bond motifs is 2. The second-order valence-electron chi connectivity index (χ2n) is 7.34. The van der Waals surface area contributed by atoms with Crippen molar-refractivity contribution in [3.63, 3.8) is 0 Å². The predicted octanol–water partition coefficient (Wildman–Crippen LogP) is 5.64. The normalized spacial score (nSPS) is 15.6. The fourth-order valence-electron chi connectivity index (χ4n) is 3.96. The van der Waals surface area contributed by atoms with Gasteiger partial charge < -0.3 is 9.64 Å². The molecule has 0 radical (unpaired) electrons. The van der Waals surface area contributed by atoms with Crippen LogP contribution in [-0.4, -0.2) is 26.3 Å². The van der Waals surface area contributed by atoms with E-state index in [0.29, 0.717) is 0 Å². The van der Waals surface area contributed by atoms with Gasteiger partial charge in [0.2, 0.25) is 0 Å². The molecule has 0 N–H and O–H groups in total. The van der Waals surface area contributed by atoms with Crippen LogP contribution in [0, 0.1) is 0 Å². The van der Waals surface area contributed by atoms with E-state index in [9.17, 15) is 0 Å². The molecule has 0 bridgehead atoms. The number of rotatable bonds is 3. The van der Waals surface area contributed by atoms with Crippen molar-refractivity contribution in [3.05, 3.63) is 95.6 Å². The molecular formula is C25H23NOS. The first-order chi connectivity index (χ1) is 13.8. The first kappa shape index (κ1) is 17.6. The van der Waals surface area contributed by atoms with E-state index in [1.807, 2.05) is 11.8 Å². The van der Waals surface area contributed by atoms with Crippen molar-refractivity contribution < 1.29 is 4.74 Å². The molecule has 3 aromatic rings. The Bertz CT molecular complexity index is 1040. The summed E-state index contributed by atoms with van der Waals surface area (Å²) < 4.78 is 5.48. The van der Waals surface area contributed by atoms with Crippen LogP contribution in [0.1, 0.15) is 22.3 Å². The maximum Gasteiger partial charge on any atom is 0.0642 e. The third-order valence-corrected chi connectivity index (χ3v) is 6.79. The van der Waals surface area contributed by atoms with Crippen molar-refractivity contribution in [2.75, 3.05) is 31.2 Å². The summed E-state index contributed by atoms with van der Waals surface area (Å²) in [4.78, 5) is 5.12. The predicted molar refractivity (Wildman–Crippen MR) is 117 cm³/mol. The van der Waals surface area contributed by atoms with Gasteiger partial charge in [-0.3, -0.25) is 0 Å². The molecule has 0 unspecified atom stereocenters. The number of hydrogen-bond donors (Lipinski definition) is 0. The summed E-state index contributed by atoms with van der Waals surface area (Å²) >= 11 is 1.87. The lowest BCUT2D eigenvalue weighted by molar-refractivity contribution is 0.122. The molecule has 2 aliphatic heterocycles. The van der Waals surface area contributed by atoms with E-state index in [1.165, 1.54) is 37.7 Å². The van der Waals surface area contributed by atoms with Crippen LogP contribution < -0.4 is 4.90 Å². The summed E-state index contributed by atoms with van der Waals surface area (Å²) in [6, 6.07) is 24.2. The van der Waals surface area contributed by atoms with Gasteiger partial charge in [-0.2, -0.15) is 0 Å². The molecule has 0 saturated carbocycles. The summed E-state index contributed by atoms with van der Waals surface area (Å²) in [5, 5.41) is 0. The third kappa shape index (κ3) is 3.36. The molecule has 0 atom stereocenters. The Labute approximate surface area is 170 Å². The second kappa shape index (κ2) is 7.50. The molecule has 0 aliphatic carbocycles. The highest BCUT2D eigenvalue weighted by Gasteiger charge is 2.17. The van der Waals surface area contributed by atoms with Crippen LogP contribution in [0.5, 0.6) is 0 Å². The van der Waals surface area contributed by atoms with Crippen LogP contribution in [0.2, 0.25) is 0 Å². The first-order valence-electron chi connectivity index (χ1n) is 9.79. The van der Waals surface area contributed by atoms with Crippen LogP contribution in [0.4, 0.5) is 5.69 Å². The summed E-state index contributed by atoms with van der Waals surface area (Å²) in [5.74, 6) is 0.